The lowest BCUT2D eigenvalue weighted by Crippen LogP contribution is -2.29. The molecule has 0 aliphatic heterocycles. The van der Waals surface area contributed by atoms with Gasteiger partial charge in [-0.2, -0.15) is 0 Å². The van der Waals surface area contributed by atoms with Gasteiger partial charge in [0.2, 0.25) is 0 Å². The summed E-state index contributed by atoms with van der Waals surface area (Å²) in [7, 11) is 0. The van der Waals surface area contributed by atoms with E-state index in [0.29, 0.717) is 0 Å². The first-order chi connectivity index (χ1) is 6.91. The second-order valence-corrected chi connectivity index (χ2v) is 3.49. The Labute approximate surface area is 87.0 Å². The van der Waals surface area contributed by atoms with E-state index in [1.807, 2.05) is 0 Å². The average Bonchev–Trinajstić information content (AvgIpc) is 2.12. The van der Waals surface area contributed by atoms with E-state index in [0.717, 1.165) is 12.1 Å². The van der Waals surface area contributed by atoms with Gasteiger partial charge in [0.15, 0.2) is 17.2 Å². The first-order valence-electron chi connectivity index (χ1n) is 4.47. The fourth-order valence-corrected chi connectivity index (χ4v) is 1.08. The standard InChI is InChI=1S/C10H13NO4/c1-5(2)11-10(15)6-3-7(12)9(14)8(13)4-6/h3-5,12-14H,1-2H3,(H,11,15). The number of rotatable bonds is 2. The Morgan fingerprint density at radius 2 is 1.67 bits per heavy atom. The quantitative estimate of drug-likeness (QED) is 0.548. The number of amides is 1. The van der Waals surface area contributed by atoms with Crippen LogP contribution in [0.5, 0.6) is 17.2 Å². The summed E-state index contributed by atoms with van der Waals surface area (Å²) in [5.41, 5.74) is 0.0940. The lowest BCUT2D eigenvalue weighted by atomic mass is 10.1. The molecule has 0 atom stereocenters. The van der Waals surface area contributed by atoms with E-state index in [1.54, 1.807) is 13.8 Å². The molecule has 0 unspecified atom stereocenters. The number of nitrogens with one attached hydrogen (secondary N) is 1. The van der Waals surface area contributed by atoms with Crippen LogP contribution >= 0.6 is 0 Å². The summed E-state index contributed by atoms with van der Waals surface area (Å²) in [5.74, 6) is -2.10. The fraction of sp³-hybridized carbons (Fsp3) is 0.300. The van der Waals surface area contributed by atoms with Crippen molar-refractivity contribution in [2.45, 2.75) is 19.9 Å². The van der Waals surface area contributed by atoms with Gasteiger partial charge in [-0.1, -0.05) is 0 Å². The first kappa shape index (κ1) is 11.2. The lowest BCUT2D eigenvalue weighted by molar-refractivity contribution is 0.0942. The van der Waals surface area contributed by atoms with Gasteiger partial charge < -0.3 is 20.6 Å². The van der Waals surface area contributed by atoms with Crippen LogP contribution in [-0.2, 0) is 0 Å². The maximum absolute atomic E-state index is 11.5. The number of phenolic OH excluding ortho intramolecular Hbond substituents is 3. The molecular formula is C10H13NO4. The smallest absolute Gasteiger partial charge is 0.251 e. The molecule has 5 nitrogen and oxygen atoms in total. The summed E-state index contributed by atoms with van der Waals surface area (Å²) in [5, 5.41) is 30.0. The first-order valence-corrected chi connectivity index (χ1v) is 4.47. The minimum Gasteiger partial charge on any atom is -0.504 e. The van der Waals surface area contributed by atoms with Gasteiger partial charge in [-0.05, 0) is 26.0 Å². The van der Waals surface area contributed by atoms with Crippen LogP contribution in [0.4, 0.5) is 0 Å². The molecule has 5 heteroatoms. The topological polar surface area (TPSA) is 89.8 Å². The number of aromatic hydroxyl groups is 3. The van der Waals surface area contributed by atoms with Crippen molar-refractivity contribution < 1.29 is 20.1 Å². The van der Waals surface area contributed by atoms with Gasteiger partial charge in [-0.15, -0.1) is 0 Å². The van der Waals surface area contributed by atoms with E-state index < -0.39 is 23.2 Å². The molecule has 0 aliphatic rings. The van der Waals surface area contributed by atoms with Crippen molar-refractivity contribution in [3.05, 3.63) is 17.7 Å². The molecule has 0 fully saturated rings. The fourth-order valence-electron chi connectivity index (χ4n) is 1.08. The Hall–Kier alpha value is -1.91. The molecule has 1 aromatic rings. The molecular weight excluding hydrogens is 198 g/mol. The van der Waals surface area contributed by atoms with E-state index in [2.05, 4.69) is 5.32 Å². The molecule has 0 spiro atoms. The summed E-state index contributed by atoms with van der Waals surface area (Å²) >= 11 is 0. The van der Waals surface area contributed by atoms with E-state index in [4.69, 9.17) is 5.11 Å². The van der Waals surface area contributed by atoms with Crippen LogP contribution in [0.1, 0.15) is 24.2 Å². The van der Waals surface area contributed by atoms with Gasteiger partial charge in [0, 0.05) is 11.6 Å². The van der Waals surface area contributed by atoms with Gasteiger partial charge >= 0.3 is 0 Å². The third-order valence-corrected chi connectivity index (χ3v) is 1.75. The summed E-state index contributed by atoms with van der Waals surface area (Å²) in [6, 6.07) is 2.13. The van der Waals surface area contributed by atoms with Crippen LogP contribution in [0.25, 0.3) is 0 Å². The van der Waals surface area contributed by atoms with Crippen LogP contribution in [-0.4, -0.2) is 27.3 Å². The number of carbonyl (C=O) groups is 1. The number of phenols is 3. The van der Waals surface area contributed by atoms with Crippen LogP contribution in [0.2, 0.25) is 0 Å². The third kappa shape index (κ3) is 2.52. The summed E-state index contributed by atoms with van der Waals surface area (Å²) < 4.78 is 0. The summed E-state index contributed by atoms with van der Waals surface area (Å²) in [6.07, 6.45) is 0. The number of hydrogen-bond acceptors (Lipinski definition) is 4. The largest absolute Gasteiger partial charge is 0.504 e. The molecule has 0 aromatic heterocycles. The number of hydrogen-bond donors (Lipinski definition) is 4. The molecule has 1 aromatic carbocycles. The normalized spacial score (nSPS) is 10.3. The molecule has 82 valence electrons. The molecule has 15 heavy (non-hydrogen) atoms. The number of carbonyl (C=O) groups excluding carboxylic acids is 1. The molecule has 0 aliphatic carbocycles. The maximum atomic E-state index is 11.5. The van der Waals surface area contributed by atoms with E-state index in [-0.39, 0.29) is 11.6 Å². The zero-order valence-corrected chi connectivity index (χ0v) is 8.48. The lowest BCUT2D eigenvalue weighted by Gasteiger charge is -2.09. The van der Waals surface area contributed by atoms with Crippen molar-refractivity contribution in [2.24, 2.45) is 0 Å². The second kappa shape index (κ2) is 4.08. The van der Waals surface area contributed by atoms with Gasteiger partial charge in [-0.25, -0.2) is 0 Å². The van der Waals surface area contributed by atoms with Crippen LogP contribution in [0.3, 0.4) is 0 Å². The molecule has 0 bridgehead atoms. The monoisotopic (exact) mass is 211 g/mol. The molecule has 1 rings (SSSR count). The zero-order valence-electron chi connectivity index (χ0n) is 8.48. The minimum atomic E-state index is -0.629. The molecule has 0 saturated carbocycles. The average molecular weight is 211 g/mol. The highest BCUT2D eigenvalue weighted by molar-refractivity contribution is 5.95. The van der Waals surface area contributed by atoms with Crippen molar-refractivity contribution in [1.82, 2.24) is 5.32 Å². The summed E-state index contributed by atoms with van der Waals surface area (Å²) in [4.78, 5) is 11.5. The second-order valence-electron chi connectivity index (χ2n) is 3.49. The zero-order chi connectivity index (χ0) is 11.6. The minimum absolute atomic E-state index is 0.0458. The van der Waals surface area contributed by atoms with Crippen LogP contribution in [0.15, 0.2) is 12.1 Å². The van der Waals surface area contributed by atoms with Crippen molar-refractivity contribution in [1.29, 1.82) is 0 Å². The highest BCUT2D eigenvalue weighted by Crippen LogP contribution is 2.35. The maximum Gasteiger partial charge on any atom is 0.251 e. The Morgan fingerprint density at radius 3 is 2.07 bits per heavy atom. The molecule has 0 radical (unpaired) electrons. The van der Waals surface area contributed by atoms with Gasteiger partial charge in [-0.3, -0.25) is 4.79 Å². The summed E-state index contributed by atoms with van der Waals surface area (Å²) in [6.45, 7) is 3.58. The van der Waals surface area contributed by atoms with Gasteiger partial charge in [0.1, 0.15) is 0 Å². The third-order valence-electron chi connectivity index (χ3n) is 1.75. The van der Waals surface area contributed by atoms with Crippen molar-refractivity contribution in [2.75, 3.05) is 0 Å². The van der Waals surface area contributed by atoms with E-state index in [1.165, 1.54) is 0 Å². The van der Waals surface area contributed by atoms with Gasteiger partial charge in [0.25, 0.3) is 5.91 Å². The Bertz CT molecular complexity index is 364. The predicted octanol–water partition coefficient (Wildman–Crippen LogP) is 0.942. The van der Waals surface area contributed by atoms with Crippen molar-refractivity contribution >= 4 is 5.91 Å². The van der Waals surface area contributed by atoms with E-state index >= 15 is 0 Å². The van der Waals surface area contributed by atoms with Crippen LogP contribution in [0, 0.1) is 0 Å². The Morgan fingerprint density at radius 1 is 1.20 bits per heavy atom. The predicted molar refractivity (Wildman–Crippen MR) is 54.0 cm³/mol. The van der Waals surface area contributed by atoms with Crippen LogP contribution < -0.4 is 5.32 Å². The SMILES string of the molecule is CC(C)NC(=O)c1cc(O)c(O)c(O)c1. The molecule has 4 N–H and O–H groups in total. The number of benzene rings is 1. The van der Waals surface area contributed by atoms with Gasteiger partial charge in [0.05, 0.1) is 0 Å². The van der Waals surface area contributed by atoms with Crippen molar-refractivity contribution in [3.8, 4) is 17.2 Å². The Balaban J connectivity index is 3.01. The molecule has 0 heterocycles. The highest BCUT2D eigenvalue weighted by Gasteiger charge is 2.13. The highest BCUT2D eigenvalue weighted by atomic mass is 16.3. The van der Waals surface area contributed by atoms with Crippen molar-refractivity contribution in [3.63, 3.8) is 0 Å². The molecule has 0 saturated heterocycles. The Kier molecular flexibility index (Phi) is 3.04. The van der Waals surface area contributed by atoms with E-state index in [9.17, 15) is 15.0 Å². The molecule has 1 amide bonds.